The van der Waals surface area contributed by atoms with Gasteiger partial charge in [-0.1, -0.05) is 71.9 Å². The van der Waals surface area contributed by atoms with Gasteiger partial charge in [0.05, 0.1) is 0 Å². The predicted molar refractivity (Wildman–Crippen MR) is 80.2 cm³/mol. The normalized spacial score (nSPS) is 14.4. The largest absolute Gasteiger partial charge is 0.0991 e. The van der Waals surface area contributed by atoms with Crippen molar-refractivity contribution in [2.75, 3.05) is 0 Å². The first kappa shape index (κ1) is 16.2. The van der Waals surface area contributed by atoms with Crippen molar-refractivity contribution in [1.29, 1.82) is 0 Å². The second kappa shape index (κ2) is 6.83. The standard InChI is InChI=1S/C17H30/c1-8-11-15(12-9-2)17(6,7)14-10-13-16(3,4)5/h8-9,11-12H,1,10,13-14H2,2-7H3/b12-9-,15-11+. The number of rotatable bonds is 6. The first-order chi connectivity index (χ1) is 7.73. The molecule has 0 N–H and O–H groups in total. The van der Waals surface area contributed by atoms with Crippen LogP contribution in [0.3, 0.4) is 0 Å². The number of allylic oxidation sites excluding steroid dienone is 5. The molecule has 0 radical (unpaired) electrons. The van der Waals surface area contributed by atoms with E-state index in [1.807, 2.05) is 6.08 Å². The SMILES string of the molecule is C=C/C=C(\C=C/C)C(C)(C)CCCC(C)(C)C. The molecule has 0 heterocycles. The minimum atomic E-state index is 0.242. The van der Waals surface area contributed by atoms with Gasteiger partial charge in [-0.15, -0.1) is 0 Å². The summed E-state index contributed by atoms with van der Waals surface area (Å²) in [6.45, 7) is 17.5. The molecule has 0 heteroatoms. The summed E-state index contributed by atoms with van der Waals surface area (Å²) in [7, 11) is 0. The van der Waals surface area contributed by atoms with Gasteiger partial charge in [0.15, 0.2) is 0 Å². The Morgan fingerprint density at radius 3 is 2.06 bits per heavy atom. The van der Waals surface area contributed by atoms with Crippen LogP contribution in [0.15, 0.2) is 36.5 Å². The molecule has 0 aliphatic rings. The van der Waals surface area contributed by atoms with Gasteiger partial charge in [0.2, 0.25) is 0 Å². The third-order valence-corrected chi connectivity index (χ3v) is 3.15. The molecule has 0 aromatic heterocycles. The van der Waals surface area contributed by atoms with Crippen LogP contribution >= 0.6 is 0 Å². The van der Waals surface area contributed by atoms with Crippen LogP contribution in [0, 0.1) is 10.8 Å². The van der Waals surface area contributed by atoms with Crippen LogP contribution in [0.5, 0.6) is 0 Å². The molecule has 0 unspecified atom stereocenters. The lowest BCUT2D eigenvalue weighted by molar-refractivity contribution is 0.316. The van der Waals surface area contributed by atoms with Crippen molar-refractivity contribution < 1.29 is 0 Å². The topological polar surface area (TPSA) is 0 Å². The molecule has 0 aliphatic heterocycles. The summed E-state index contributed by atoms with van der Waals surface area (Å²) >= 11 is 0. The van der Waals surface area contributed by atoms with Crippen molar-refractivity contribution in [1.82, 2.24) is 0 Å². The highest BCUT2D eigenvalue weighted by molar-refractivity contribution is 5.28. The Morgan fingerprint density at radius 2 is 1.65 bits per heavy atom. The summed E-state index contributed by atoms with van der Waals surface area (Å²) in [6, 6.07) is 0. The molecule has 0 saturated heterocycles. The molecule has 0 aliphatic carbocycles. The van der Waals surface area contributed by atoms with Gasteiger partial charge in [-0.05, 0) is 36.2 Å². The van der Waals surface area contributed by atoms with E-state index in [9.17, 15) is 0 Å². The van der Waals surface area contributed by atoms with E-state index in [4.69, 9.17) is 0 Å². The lowest BCUT2D eigenvalue weighted by Gasteiger charge is -2.28. The molecule has 0 atom stereocenters. The summed E-state index contributed by atoms with van der Waals surface area (Å²) in [6.07, 6.45) is 12.1. The summed E-state index contributed by atoms with van der Waals surface area (Å²) < 4.78 is 0. The third kappa shape index (κ3) is 7.20. The highest BCUT2D eigenvalue weighted by Crippen LogP contribution is 2.35. The van der Waals surface area contributed by atoms with Crippen LogP contribution in [-0.4, -0.2) is 0 Å². The second-order valence-electron chi connectivity index (χ2n) is 6.66. The zero-order valence-electron chi connectivity index (χ0n) is 12.6. The van der Waals surface area contributed by atoms with Crippen molar-refractivity contribution in [3.8, 4) is 0 Å². The van der Waals surface area contributed by atoms with Crippen LogP contribution < -0.4 is 0 Å². The quantitative estimate of drug-likeness (QED) is 0.501. The Labute approximate surface area is 109 Å². The minimum Gasteiger partial charge on any atom is -0.0991 e. The van der Waals surface area contributed by atoms with Crippen molar-refractivity contribution in [3.05, 3.63) is 36.5 Å². The third-order valence-electron chi connectivity index (χ3n) is 3.15. The fraction of sp³-hybridized carbons (Fsp3) is 0.647. The fourth-order valence-electron chi connectivity index (χ4n) is 2.02. The van der Waals surface area contributed by atoms with Crippen LogP contribution in [-0.2, 0) is 0 Å². The van der Waals surface area contributed by atoms with E-state index in [-0.39, 0.29) is 5.41 Å². The summed E-state index contributed by atoms with van der Waals surface area (Å²) in [5, 5.41) is 0. The lowest BCUT2D eigenvalue weighted by Crippen LogP contribution is -2.15. The van der Waals surface area contributed by atoms with Gasteiger partial charge in [0, 0.05) is 0 Å². The molecule has 0 fully saturated rings. The molecule has 0 spiro atoms. The Morgan fingerprint density at radius 1 is 1.06 bits per heavy atom. The minimum absolute atomic E-state index is 0.242. The maximum Gasteiger partial charge on any atom is -0.0104 e. The lowest BCUT2D eigenvalue weighted by atomic mass is 9.77. The first-order valence-corrected chi connectivity index (χ1v) is 6.69. The van der Waals surface area contributed by atoms with Crippen molar-refractivity contribution in [3.63, 3.8) is 0 Å². The average molecular weight is 234 g/mol. The van der Waals surface area contributed by atoms with Gasteiger partial charge >= 0.3 is 0 Å². The fourth-order valence-corrected chi connectivity index (χ4v) is 2.02. The maximum atomic E-state index is 3.81. The van der Waals surface area contributed by atoms with Crippen LogP contribution in [0.1, 0.15) is 60.8 Å². The van der Waals surface area contributed by atoms with E-state index in [1.165, 1.54) is 24.8 Å². The van der Waals surface area contributed by atoms with Gasteiger partial charge in [-0.2, -0.15) is 0 Å². The van der Waals surface area contributed by atoms with Crippen LogP contribution in [0.25, 0.3) is 0 Å². The molecule has 0 aromatic carbocycles. The monoisotopic (exact) mass is 234 g/mol. The first-order valence-electron chi connectivity index (χ1n) is 6.69. The molecular formula is C17H30. The molecule has 17 heavy (non-hydrogen) atoms. The molecule has 0 bridgehead atoms. The van der Waals surface area contributed by atoms with Gasteiger partial charge < -0.3 is 0 Å². The van der Waals surface area contributed by atoms with Crippen LogP contribution in [0.2, 0.25) is 0 Å². The van der Waals surface area contributed by atoms with E-state index >= 15 is 0 Å². The molecule has 0 amide bonds. The molecule has 0 aromatic rings. The van der Waals surface area contributed by atoms with Gasteiger partial charge in [-0.3, -0.25) is 0 Å². The number of hydrogen-bond donors (Lipinski definition) is 0. The molecule has 98 valence electrons. The van der Waals surface area contributed by atoms with E-state index in [0.29, 0.717) is 5.41 Å². The Balaban J connectivity index is 4.54. The second-order valence-corrected chi connectivity index (χ2v) is 6.66. The molecule has 0 rings (SSSR count). The van der Waals surface area contributed by atoms with E-state index in [2.05, 4.69) is 66.3 Å². The molecular weight excluding hydrogens is 204 g/mol. The Hall–Kier alpha value is -0.780. The smallest absolute Gasteiger partial charge is 0.0104 e. The van der Waals surface area contributed by atoms with Gasteiger partial charge in [0.1, 0.15) is 0 Å². The maximum absolute atomic E-state index is 3.81. The molecule has 0 saturated carbocycles. The van der Waals surface area contributed by atoms with Gasteiger partial charge in [-0.25, -0.2) is 0 Å². The highest BCUT2D eigenvalue weighted by atomic mass is 14.3. The van der Waals surface area contributed by atoms with Crippen molar-refractivity contribution in [2.45, 2.75) is 60.8 Å². The predicted octanol–water partition coefficient (Wildman–Crippen LogP) is 5.92. The Kier molecular flexibility index (Phi) is 6.52. The zero-order valence-corrected chi connectivity index (χ0v) is 12.6. The summed E-state index contributed by atoms with van der Waals surface area (Å²) in [5.74, 6) is 0. The van der Waals surface area contributed by atoms with Crippen molar-refractivity contribution >= 4 is 0 Å². The zero-order chi connectivity index (χ0) is 13.5. The van der Waals surface area contributed by atoms with Gasteiger partial charge in [0.25, 0.3) is 0 Å². The van der Waals surface area contributed by atoms with E-state index < -0.39 is 0 Å². The number of hydrogen-bond acceptors (Lipinski definition) is 0. The average Bonchev–Trinajstić information content (AvgIpc) is 2.15. The van der Waals surface area contributed by atoms with E-state index in [1.54, 1.807) is 0 Å². The summed E-state index contributed by atoms with van der Waals surface area (Å²) in [4.78, 5) is 0. The summed E-state index contributed by atoms with van der Waals surface area (Å²) in [5.41, 5.74) is 2.06. The molecule has 0 nitrogen and oxygen atoms in total. The van der Waals surface area contributed by atoms with Crippen LogP contribution in [0.4, 0.5) is 0 Å². The highest BCUT2D eigenvalue weighted by Gasteiger charge is 2.21. The van der Waals surface area contributed by atoms with E-state index in [0.717, 1.165) is 0 Å². The Bertz CT molecular complexity index is 282. The van der Waals surface area contributed by atoms with Crippen molar-refractivity contribution in [2.24, 2.45) is 10.8 Å².